The normalized spacial score (nSPS) is 15.3. The zero-order chi connectivity index (χ0) is 22.7. The van der Waals surface area contributed by atoms with Gasteiger partial charge in [0.05, 0.1) is 60.2 Å². The number of nitrogens with one attached hydrogen (secondary N) is 1. The summed E-state index contributed by atoms with van der Waals surface area (Å²) >= 11 is 5.84. The van der Waals surface area contributed by atoms with Crippen molar-refractivity contribution in [2.45, 2.75) is 26.3 Å². The Labute approximate surface area is 190 Å². The molecule has 0 saturated carbocycles. The number of nitrogens with zero attached hydrogens (tertiary/aromatic N) is 6. The number of carbonyl (C=O) groups is 1. The van der Waals surface area contributed by atoms with Crippen molar-refractivity contribution >= 4 is 34.4 Å². The minimum atomic E-state index is -0.194. The van der Waals surface area contributed by atoms with Crippen LogP contribution in [0.5, 0.6) is 0 Å². The average Bonchev–Trinajstić information content (AvgIpc) is 3.15. The van der Waals surface area contributed by atoms with Crippen LogP contribution in [0.4, 0.5) is 5.95 Å². The van der Waals surface area contributed by atoms with E-state index in [1.54, 1.807) is 18.6 Å². The third-order valence-electron chi connectivity index (χ3n) is 5.66. The van der Waals surface area contributed by atoms with Gasteiger partial charge in [-0.05, 0) is 19.4 Å². The predicted octanol–water partition coefficient (Wildman–Crippen LogP) is 1.79. The first-order chi connectivity index (χ1) is 15.4. The molecule has 3 aromatic rings. The van der Waals surface area contributed by atoms with Gasteiger partial charge in [0.1, 0.15) is 0 Å². The first kappa shape index (κ1) is 22.2. The van der Waals surface area contributed by atoms with Crippen LogP contribution < -0.4 is 10.5 Å². The van der Waals surface area contributed by atoms with Crippen LogP contribution in [-0.4, -0.2) is 74.9 Å². The summed E-state index contributed by atoms with van der Waals surface area (Å²) in [6.07, 6.45) is 7.07. The Bertz CT molecular complexity index is 1140. The summed E-state index contributed by atoms with van der Waals surface area (Å²) in [7, 11) is 0. The van der Waals surface area contributed by atoms with Gasteiger partial charge >= 0.3 is 0 Å². The van der Waals surface area contributed by atoms with E-state index in [2.05, 4.69) is 20.2 Å². The molecule has 0 bridgehead atoms. The summed E-state index contributed by atoms with van der Waals surface area (Å²) in [5, 5.41) is 7.52. The summed E-state index contributed by atoms with van der Waals surface area (Å²) in [6.45, 7) is 7.30. The maximum absolute atomic E-state index is 12.5. The van der Waals surface area contributed by atoms with E-state index in [0.29, 0.717) is 62.2 Å². The highest BCUT2D eigenvalue weighted by atomic mass is 35.5. The van der Waals surface area contributed by atoms with E-state index in [-0.39, 0.29) is 17.5 Å². The van der Waals surface area contributed by atoms with Gasteiger partial charge in [0.15, 0.2) is 0 Å². The smallest absolute Gasteiger partial charge is 0.273 e. The van der Waals surface area contributed by atoms with Crippen LogP contribution in [0.1, 0.15) is 24.9 Å². The number of aryl methyl sites for hydroxylation is 1. The van der Waals surface area contributed by atoms with Crippen LogP contribution in [0.25, 0.3) is 10.9 Å². The molecule has 1 N–H and O–H groups in total. The van der Waals surface area contributed by atoms with Gasteiger partial charge in [-0.25, -0.2) is 15.1 Å². The lowest BCUT2D eigenvalue weighted by atomic mass is 10.2. The third kappa shape index (κ3) is 4.76. The predicted molar refractivity (Wildman–Crippen MR) is 121 cm³/mol. The number of ether oxygens (including phenoxy) is 1. The number of carbonyl (C=O) groups excluding carboxylic acids is 1. The zero-order valence-electron chi connectivity index (χ0n) is 18.1. The Morgan fingerprint density at radius 3 is 2.66 bits per heavy atom. The number of rotatable bonds is 7. The molecule has 4 rings (SSSR count). The Morgan fingerprint density at radius 1 is 1.22 bits per heavy atom. The molecule has 1 atom stereocenters. The van der Waals surface area contributed by atoms with Crippen LogP contribution in [0.15, 0.2) is 29.6 Å². The second-order valence-corrected chi connectivity index (χ2v) is 8.36. The standard InChI is InChI=1S/C21H26ClN7O3/c1-14-12-29(17-11-25-26-20(31)19(14)17)15(2)13-32-8-3-18(30)27-4-6-28(7-5-27)21-23-9-16(22)10-24-21/h9-12,15H,3-8,13H2,1-2H3,(H,26,31). The van der Waals surface area contributed by atoms with Crippen LogP contribution in [0.3, 0.4) is 0 Å². The second-order valence-electron chi connectivity index (χ2n) is 7.92. The number of hydrogen-bond donors (Lipinski definition) is 1. The van der Waals surface area contributed by atoms with Crippen molar-refractivity contribution < 1.29 is 9.53 Å². The van der Waals surface area contributed by atoms with Gasteiger partial charge < -0.3 is 19.1 Å². The number of hydrogen-bond acceptors (Lipinski definition) is 7. The van der Waals surface area contributed by atoms with Crippen molar-refractivity contribution in [1.29, 1.82) is 0 Å². The Kier molecular flexibility index (Phi) is 6.71. The Hall–Kier alpha value is -2.98. The molecule has 1 aliphatic rings. The van der Waals surface area contributed by atoms with Crippen LogP contribution >= 0.6 is 11.6 Å². The van der Waals surface area contributed by atoms with Crippen molar-refractivity contribution in [3.8, 4) is 0 Å². The maximum Gasteiger partial charge on any atom is 0.273 e. The van der Waals surface area contributed by atoms with E-state index in [1.165, 1.54) is 0 Å². The van der Waals surface area contributed by atoms with E-state index in [1.807, 2.05) is 34.4 Å². The van der Waals surface area contributed by atoms with Gasteiger partial charge in [-0.2, -0.15) is 5.10 Å². The first-order valence-electron chi connectivity index (χ1n) is 10.6. The summed E-state index contributed by atoms with van der Waals surface area (Å²) < 4.78 is 7.78. The van der Waals surface area contributed by atoms with Gasteiger partial charge in [0.25, 0.3) is 5.56 Å². The molecule has 1 fully saturated rings. The maximum atomic E-state index is 12.5. The number of amides is 1. The number of piperazine rings is 1. The fraction of sp³-hybridized carbons (Fsp3) is 0.476. The molecule has 1 amide bonds. The van der Waals surface area contributed by atoms with Gasteiger partial charge in [0.2, 0.25) is 11.9 Å². The first-order valence-corrected chi connectivity index (χ1v) is 10.9. The lowest BCUT2D eigenvalue weighted by molar-refractivity contribution is -0.132. The summed E-state index contributed by atoms with van der Waals surface area (Å²) in [6, 6.07) is 0.00724. The largest absolute Gasteiger partial charge is 0.379 e. The second kappa shape index (κ2) is 9.66. The topological polar surface area (TPSA) is 109 Å². The molecule has 11 heteroatoms. The number of halogens is 1. The minimum absolute atomic E-state index is 0.00724. The molecule has 32 heavy (non-hydrogen) atoms. The van der Waals surface area contributed by atoms with Crippen molar-refractivity contribution in [2.75, 3.05) is 44.3 Å². The van der Waals surface area contributed by atoms with Crippen LogP contribution in [0.2, 0.25) is 5.02 Å². The fourth-order valence-electron chi connectivity index (χ4n) is 3.95. The molecule has 170 valence electrons. The highest BCUT2D eigenvalue weighted by molar-refractivity contribution is 6.30. The molecular weight excluding hydrogens is 434 g/mol. The molecule has 1 saturated heterocycles. The molecule has 1 aliphatic heterocycles. The summed E-state index contributed by atoms with van der Waals surface area (Å²) in [5.74, 6) is 0.705. The molecule has 0 aliphatic carbocycles. The monoisotopic (exact) mass is 459 g/mol. The van der Waals surface area contributed by atoms with E-state index in [0.717, 1.165) is 11.1 Å². The highest BCUT2D eigenvalue weighted by Gasteiger charge is 2.22. The van der Waals surface area contributed by atoms with E-state index >= 15 is 0 Å². The molecule has 1 unspecified atom stereocenters. The van der Waals surface area contributed by atoms with Crippen molar-refractivity contribution in [1.82, 2.24) is 29.6 Å². The number of aromatic amines is 1. The summed E-state index contributed by atoms with van der Waals surface area (Å²) in [5.41, 5.74) is 1.48. The van der Waals surface area contributed by atoms with E-state index in [4.69, 9.17) is 16.3 Å². The Morgan fingerprint density at radius 2 is 1.94 bits per heavy atom. The molecule has 3 aromatic heterocycles. The van der Waals surface area contributed by atoms with Crippen molar-refractivity contribution in [3.05, 3.63) is 45.7 Å². The number of fused-ring (bicyclic) bond motifs is 1. The Balaban J connectivity index is 1.22. The molecule has 10 nitrogen and oxygen atoms in total. The van der Waals surface area contributed by atoms with Gasteiger partial charge in [-0.15, -0.1) is 0 Å². The molecule has 0 spiro atoms. The summed E-state index contributed by atoms with van der Waals surface area (Å²) in [4.78, 5) is 36.9. The zero-order valence-corrected chi connectivity index (χ0v) is 18.9. The number of anilines is 1. The van der Waals surface area contributed by atoms with E-state index < -0.39 is 0 Å². The molecular formula is C21H26ClN7O3. The third-order valence-corrected chi connectivity index (χ3v) is 5.85. The lowest BCUT2D eigenvalue weighted by Gasteiger charge is -2.34. The van der Waals surface area contributed by atoms with Gasteiger partial charge in [-0.1, -0.05) is 11.6 Å². The molecule has 0 aromatic carbocycles. The lowest BCUT2D eigenvalue weighted by Crippen LogP contribution is -2.49. The highest BCUT2D eigenvalue weighted by Crippen LogP contribution is 2.21. The number of H-pyrrole nitrogens is 1. The van der Waals surface area contributed by atoms with Crippen LogP contribution in [0, 0.1) is 6.92 Å². The SMILES string of the molecule is Cc1cn(C(C)COCCC(=O)N2CCN(c3ncc(Cl)cn3)CC2)c2cn[nH]c(=O)c12. The average molecular weight is 460 g/mol. The van der Waals surface area contributed by atoms with Crippen LogP contribution in [-0.2, 0) is 9.53 Å². The van der Waals surface area contributed by atoms with Crippen molar-refractivity contribution in [3.63, 3.8) is 0 Å². The molecule has 0 radical (unpaired) electrons. The van der Waals surface area contributed by atoms with E-state index in [9.17, 15) is 9.59 Å². The van der Waals surface area contributed by atoms with Gasteiger partial charge in [-0.3, -0.25) is 9.59 Å². The number of aromatic nitrogens is 5. The fourth-order valence-corrected chi connectivity index (χ4v) is 4.05. The molecule has 4 heterocycles. The van der Waals surface area contributed by atoms with Gasteiger partial charge in [0, 0.05) is 32.4 Å². The quantitative estimate of drug-likeness (QED) is 0.536. The van der Waals surface area contributed by atoms with Crippen molar-refractivity contribution in [2.24, 2.45) is 0 Å². The minimum Gasteiger partial charge on any atom is -0.379 e.